The van der Waals surface area contributed by atoms with Crippen LogP contribution in [0.15, 0.2) is 0 Å². The normalized spacial score (nSPS) is 21.2. The summed E-state index contributed by atoms with van der Waals surface area (Å²) in [4.78, 5) is 2.48. The van der Waals surface area contributed by atoms with Crippen LogP contribution in [-0.2, 0) is 0 Å². The first-order valence-electron chi connectivity index (χ1n) is 5.59. The minimum absolute atomic E-state index is 0.651. The molecule has 2 atom stereocenters. The Labute approximate surface area is 92.8 Å². The van der Waals surface area contributed by atoms with E-state index in [1.54, 1.807) is 0 Å². The summed E-state index contributed by atoms with van der Waals surface area (Å²) >= 11 is 1.93. The van der Waals surface area contributed by atoms with E-state index in [-0.39, 0.29) is 0 Å². The van der Waals surface area contributed by atoms with Crippen molar-refractivity contribution in [3.63, 3.8) is 0 Å². The molecule has 1 saturated carbocycles. The minimum atomic E-state index is 0.651. The van der Waals surface area contributed by atoms with Crippen molar-refractivity contribution in [1.82, 2.24) is 10.2 Å². The van der Waals surface area contributed by atoms with Gasteiger partial charge in [0.15, 0.2) is 0 Å². The summed E-state index contributed by atoms with van der Waals surface area (Å²) in [7, 11) is 2.24. The van der Waals surface area contributed by atoms with Gasteiger partial charge >= 0.3 is 0 Å². The Morgan fingerprint density at radius 2 is 2.00 bits per heavy atom. The van der Waals surface area contributed by atoms with E-state index in [1.807, 2.05) is 11.8 Å². The largest absolute Gasteiger partial charge is 0.312 e. The highest BCUT2D eigenvalue weighted by molar-refractivity contribution is 7.98. The lowest BCUT2D eigenvalue weighted by atomic mass is 10.2. The topological polar surface area (TPSA) is 15.3 Å². The second kappa shape index (κ2) is 5.99. The molecular weight excluding hydrogens is 192 g/mol. The van der Waals surface area contributed by atoms with Gasteiger partial charge in [-0.15, -0.1) is 0 Å². The predicted molar refractivity (Wildman–Crippen MR) is 66.1 cm³/mol. The van der Waals surface area contributed by atoms with E-state index in [4.69, 9.17) is 0 Å². The monoisotopic (exact) mass is 216 g/mol. The van der Waals surface area contributed by atoms with Crippen molar-refractivity contribution < 1.29 is 0 Å². The van der Waals surface area contributed by atoms with Gasteiger partial charge in [0.25, 0.3) is 0 Å². The van der Waals surface area contributed by atoms with Crippen LogP contribution in [0.4, 0.5) is 0 Å². The van der Waals surface area contributed by atoms with Gasteiger partial charge in [0, 0.05) is 30.4 Å². The maximum absolute atomic E-state index is 3.59. The van der Waals surface area contributed by atoms with E-state index in [1.165, 1.54) is 18.6 Å². The lowest BCUT2D eigenvalue weighted by molar-refractivity contribution is 0.206. The van der Waals surface area contributed by atoms with Crippen molar-refractivity contribution in [3.8, 4) is 0 Å². The average Bonchev–Trinajstić information content (AvgIpc) is 2.97. The molecule has 0 spiro atoms. The molecule has 0 aromatic rings. The van der Waals surface area contributed by atoms with Crippen LogP contribution in [0.1, 0.15) is 26.7 Å². The predicted octanol–water partition coefficient (Wildman–Crippen LogP) is 1.81. The number of nitrogens with zero attached hydrogens (tertiary/aromatic N) is 1. The highest BCUT2D eigenvalue weighted by Crippen LogP contribution is 2.18. The molecule has 2 nitrogen and oxygen atoms in total. The molecule has 1 N–H and O–H groups in total. The van der Waals surface area contributed by atoms with Gasteiger partial charge in [-0.3, -0.25) is 4.90 Å². The smallest absolute Gasteiger partial charge is 0.0192 e. The third-order valence-electron chi connectivity index (χ3n) is 3.08. The van der Waals surface area contributed by atoms with E-state index in [9.17, 15) is 0 Å². The van der Waals surface area contributed by atoms with Crippen LogP contribution in [0.2, 0.25) is 0 Å². The molecule has 1 aliphatic carbocycles. The molecule has 2 unspecified atom stereocenters. The summed E-state index contributed by atoms with van der Waals surface area (Å²) in [6, 6.07) is 2.17. The lowest BCUT2D eigenvalue weighted by Gasteiger charge is -2.30. The zero-order chi connectivity index (χ0) is 10.6. The molecule has 0 aliphatic heterocycles. The molecule has 84 valence electrons. The van der Waals surface area contributed by atoms with Gasteiger partial charge in [-0.25, -0.2) is 0 Å². The van der Waals surface area contributed by atoms with Crippen molar-refractivity contribution in [3.05, 3.63) is 0 Å². The van der Waals surface area contributed by atoms with Gasteiger partial charge in [-0.1, -0.05) is 0 Å². The zero-order valence-corrected chi connectivity index (χ0v) is 10.7. The molecular formula is C11H24N2S. The first-order valence-corrected chi connectivity index (χ1v) is 6.98. The summed E-state index contributed by atoms with van der Waals surface area (Å²) in [5.74, 6) is 1.23. The molecule has 14 heavy (non-hydrogen) atoms. The van der Waals surface area contributed by atoms with Gasteiger partial charge < -0.3 is 5.32 Å². The van der Waals surface area contributed by atoms with Crippen molar-refractivity contribution in [1.29, 1.82) is 0 Å². The number of thioether (sulfide) groups is 1. The first kappa shape index (κ1) is 12.3. The van der Waals surface area contributed by atoms with Crippen molar-refractivity contribution >= 4 is 11.8 Å². The highest BCUT2D eigenvalue weighted by Gasteiger charge is 2.22. The molecule has 1 fully saturated rings. The standard InChI is InChI=1S/C11H24N2S/c1-9(7-12-11-5-6-11)13(3)10(2)8-14-4/h9-12H,5-8H2,1-4H3. The molecule has 0 aromatic heterocycles. The maximum Gasteiger partial charge on any atom is 0.0192 e. The summed E-state index contributed by atoms with van der Waals surface area (Å²) in [5.41, 5.74) is 0. The molecule has 0 bridgehead atoms. The van der Waals surface area contributed by atoms with Gasteiger partial charge in [0.05, 0.1) is 0 Å². The molecule has 0 amide bonds. The first-order chi connectivity index (χ1) is 6.65. The molecule has 0 saturated heterocycles. The van der Waals surface area contributed by atoms with E-state index in [0.717, 1.165) is 12.6 Å². The Balaban J connectivity index is 2.15. The second-order valence-corrected chi connectivity index (χ2v) is 5.41. The van der Waals surface area contributed by atoms with Gasteiger partial charge in [-0.2, -0.15) is 11.8 Å². The molecule has 1 aliphatic rings. The maximum atomic E-state index is 3.59. The van der Waals surface area contributed by atoms with E-state index >= 15 is 0 Å². The van der Waals surface area contributed by atoms with Crippen LogP contribution in [0.3, 0.4) is 0 Å². The molecule has 3 heteroatoms. The summed E-state index contributed by atoms with van der Waals surface area (Å²) < 4.78 is 0. The fourth-order valence-corrected chi connectivity index (χ4v) is 2.28. The average molecular weight is 216 g/mol. The minimum Gasteiger partial charge on any atom is -0.312 e. The van der Waals surface area contributed by atoms with Crippen LogP contribution < -0.4 is 5.32 Å². The quantitative estimate of drug-likeness (QED) is 0.699. The molecule has 0 aromatic carbocycles. The fraction of sp³-hybridized carbons (Fsp3) is 1.00. The third-order valence-corrected chi connectivity index (χ3v) is 3.89. The number of rotatable bonds is 7. The Bertz CT molecular complexity index is 159. The summed E-state index contributed by atoms with van der Waals surface area (Å²) in [6.45, 7) is 5.76. The van der Waals surface area contributed by atoms with Gasteiger partial charge in [0.1, 0.15) is 0 Å². The Morgan fingerprint density at radius 3 is 2.50 bits per heavy atom. The number of nitrogens with one attached hydrogen (secondary N) is 1. The van der Waals surface area contributed by atoms with Crippen molar-refractivity contribution in [2.24, 2.45) is 0 Å². The highest BCUT2D eigenvalue weighted by atomic mass is 32.2. The van der Waals surface area contributed by atoms with Crippen LogP contribution in [0.25, 0.3) is 0 Å². The number of likely N-dealkylation sites (N-methyl/N-ethyl adjacent to an activating group) is 1. The van der Waals surface area contributed by atoms with Crippen LogP contribution in [0, 0.1) is 0 Å². The van der Waals surface area contributed by atoms with Crippen LogP contribution in [0.5, 0.6) is 0 Å². The SMILES string of the molecule is CSCC(C)N(C)C(C)CNC1CC1. The van der Waals surface area contributed by atoms with Crippen LogP contribution in [-0.4, -0.2) is 48.6 Å². The molecule has 1 rings (SSSR count). The zero-order valence-electron chi connectivity index (χ0n) is 9.92. The van der Waals surface area contributed by atoms with Gasteiger partial charge in [-0.05, 0) is 40.0 Å². The Morgan fingerprint density at radius 1 is 1.36 bits per heavy atom. The lowest BCUT2D eigenvalue weighted by Crippen LogP contribution is -2.44. The van der Waals surface area contributed by atoms with Crippen LogP contribution >= 0.6 is 11.8 Å². The third kappa shape index (κ3) is 4.20. The number of hydrogen-bond donors (Lipinski definition) is 1. The summed E-state index contributed by atoms with van der Waals surface area (Å²) in [5, 5.41) is 3.59. The van der Waals surface area contributed by atoms with E-state index in [0.29, 0.717) is 12.1 Å². The van der Waals surface area contributed by atoms with Crippen molar-refractivity contribution in [2.75, 3.05) is 25.6 Å². The number of hydrogen-bond acceptors (Lipinski definition) is 3. The van der Waals surface area contributed by atoms with E-state index < -0.39 is 0 Å². The Hall–Kier alpha value is 0.270. The molecule has 0 radical (unpaired) electrons. The van der Waals surface area contributed by atoms with Gasteiger partial charge in [0.2, 0.25) is 0 Å². The van der Waals surface area contributed by atoms with Crippen molar-refractivity contribution in [2.45, 2.75) is 44.8 Å². The Kier molecular flexibility index (Phi) is 5.28. The summed E-state index contributed by atoms with van der Waals surface area (Å²) in [6.07, 6.45) is 4.95. The second-order valence-electron chi connectivity index (χ2n) is 4.50. The molecule has 0 heterocycles. The van der Waals surface area contributed by atoms with E-state index in [2.05, 4.69) is 37.4 Å². The fourth-order valence-electron chi connectivity index (χ4n) is 1.56.